The van der Waals surface area contributed by atoms with E-state index in [4.69, 9.17) is 4.74 Å². The predicted octanol–water partition coefficient (Wildman–Crippen LogP) is 4.96. The van der Waals surface area contributed by atoms with Crippen molar-refractivity contribution >= 4 is 5.82 Å². The smallest absolute Gasteiger partial charge is 0.422 e. The number of nitrogens with zero attached hydrogens (tertiary/aromatic N) is 3. The molecular weight excluding hydrogens is 369 g/mol. The van der Waals surface area contributed by atoms with E-state index in [2.05, 4.69) is 20.3 Å². The largest absolute Gasteiger partial charge is 0.484 e. The number of anilines is 1. The Labute approximate surface area is 160 Å². The highest BCUT2D eigenvalue weighted by molar-refractivity contribution is 5.56. The fourth-order valence-electron chi connectivity index (χ4n) is 2.59. The number of nitrogens with one attached hydrogen (secondary N) is 1. The van der Waals surface area contributed by atoms with E-state index in [1.54, 1.807) is 24.5 Å². The molecule has 0 radical (unpaired) electrons. The van der Waals surface area contributed by atoms with Crippen molar-refractivity contribution in [3.05, 3.63) is 66.1 Å². The molecule has 0 spiro atoms. The number of aromatic nitrogens is 3. The second-order valence-corrected chi connectivity index (χ2v) is 6.30. The molecule has 0 fully saturated rings. The molecule has 28 heavy (non-hydrogen) atoms. The van der Waals surface area contributed by atoms with Crippen LogP contribution in [0.15, 0.2) is 54.9 Å². The minimum absolute atomic E-state index is 0.118. The summed E-state index contributed by atoms with van der Waals surface area (Å²) in [4.78, 5) is 13.1. The van der Waals surface area contributed by atoms with Gasteiger partial charge in [0.15, 0.2) is 12.4 Å². The molecule has 1 unspecified atom stereocenters. The average Bonchev–Trinajstić information content (AvgIpc) is 2.66. The topological polar surface area (TPSA) is 59.9 Å². The van der Waals surface area contributed by atoms with Gasteiger partial charge in [-0.1, -0.05) is 12.1 Å². The SMILES string of the molecule is Cc1cc(NC(C)c2ccc(OCC(F)(F)F)cc2)nc(-c2cccnc2)n1. The Bertz CT molecular complexity index is 915. The van der Waals surface area contributed by atoms with Gasteiger partial charge in [0.1, 0.15) is 11.6 Å². The third-order valence-electron chi connectivity index (χ3n) is 3.92. The maximum Gasteiger partial charge on any atom is 0.422 e. The molecule has 0 saturated carbocycles. The van der Waals surface area contributed by atoms with Crippen LogP contribution < -0.4 is 10.1 Å². The third-order valence-corrected chi connectivity index (χ3v) is 3.92. The van der Waals surface area contributed by atoms with Gasteiger partial charge in [-0.15, -0.1) is 0 Å². The van der Waals surface area contributed by atoms with E-state index in [9.17, 15) is 13.2 Å². The van der Waals surface area contributed by atoms with E-state index in [0.29, 0.717) is 11.6 Å². The van der Waals surface area contributed by atoms with Crippen LogP contribution >= 0.6 is 0 Å². The predicted molar refractivity (Wildman–Crippen MR) is 100 cm³/mol. The van der Waals surface area contributed by atoms with E-state index in [-0.39, 0.29) is 11.8 Å². The number of benzene rings is 1. The molecular formula is C20H19F3N4O. The lowest BCUT2D eigenvalue weighted by Gasteiger charge is -2.17. The number of halogens is 3. The fraction of sp³-hybridized carbons (Fsp3) is 0.250. The molecule has 5 nitrogen and oxygen atoms in total. The molecule has 0 aliphatic heterocycles. The van der Waals surface area contributed by atoms with Crippen molar-refractivity contribution in [3.63, 3.8) is 0 Å². The summed E-state index contributed by atoms with van der Waals surface area (Å²) in [5.74, 6) is 1.39. The first-order valence-electron chi connectivity index (χ1n) is 8.62. The van der Waals surface area contributed by atoms with Crippen molar-refractivity contribution < 1.29 is 17.9 Å². The number of hydrogen-bond acceptors (Lipinski definition) is 5. The molecule has 1 atom stereocenters. The molecule has 2 heterocycles. The minimum atomic E-state index is -4.36. The highest BCUT2D eigenvalue weighted by atomic mass is 19.4. The van der Waals surface area contributed by atoms with Crippen LogP contribution in [0.2, 0.25) is 0 Å². The van der Waals surface area contributed by atoms with Gasteiger partial charge >= 0.3 is 6.18 Å². The molecule has 0 saturated heterocycles. The summed E-state index contributed by atoms with van der Waals surface area (Å²) in [5.41, 5.74) is 2.51. The van der Waals surface area contributed by atoms with Crippen molar-refractivity contribution in [1.82, 2.24) is 15.0 Å². The van der Waals surface area contributed by atoms with Crippen LogP contribution in [0.4, 0.5) is 19.0 Å². The Morgan fingerprint density at radius 3 is 2.50 bits per heavy atom. The summed E-state index contributed by atoms with van der Waals surface area (Å²) in [6, 6.07) is 11.9. The lowest BCUT2D eigenvalue weighted by atomic mass is 10.1. The molecule has 2 aromatic heterocycles. The van der Waals surface area contributed by atoms with Crippen molar-refractivity contribution in [2.45, 2.75) is 26.1 Å². The van der Waals surface area contributed by atoms with Crippen LogP contribution in [0.5, 0.6) is 5.75 Å². The first kappa shape index (κ1) is 19.6. The maximum atomic E-state index is 12.2. The normalized spacial score (nSPS) is 12.5. The second-order valence-electron chi connectivity index (χ2n) is 6.30. The van der Waals surface area contributed by atoms with Gasteiger partial charge in [-0.3, -0.25) is 4.98 Å². The molecule has 0 bridgehead atoms. The highest BCUT2D eigenvalue weighted by Crippen LogP contribution is 2.24. The van der Waals surface area contributed by atoms with Gasteiger partial charge in [0, 0.05) is 35.8 Å². The van der Waals surface area contributed by atoms with Crippen molar-refractivity contribution in [2.75, 3.05) is 11.9 Å². The highest BCUT2D eigenvalue weighted by Gasteiger charge is 2.28. The minimum Gasteiger partial charge on any atom is -0.484 e. The molecule has 1 aromatic carbocycles. The van der Waals surface area contributed by atoms with Gasteiger partial charge in [0.05, 0.1) is 0 Å². The first-order chi connectivity index (χ1) is 13.3. The summed E-state index contributed by atoms with van der Waals surface area (Å²) in [5, 5.41) is 3.29. The van der Waals surface area contributed by atoms with Crippen LogP contribution in [0, 0.1) is 6.92 Å². The lowest BCUT2D eigenvalue weighted by molar-refractivity contribution is -0.153. The van der Waals surface area contributed by atoms with E-state index in [1.165, 1.54) is 12.1 Å². The van der Waals surface area contributed by atoms with Crippen LogP contribution in [-0.4, -0.2) is 27.7 Å². The molecule has 3 aromatic rings. The van der Waals surface area contributed by atoms with Crippen LogP contribution in [0.1, 0.15) is 24.2 Å². The number of pyridine rings is 1. The molecule has 1 N–H and O–H groups in total. The van der Waals surface area contributed by atoms with Crippen LogP contribution in [0.25, 0.3) is 11.4 Å². The molecule has 8 heteroatoms. The molecule has 3 rings (SSSR count). The van der Waals surface area contributed by atoms with E-state index in [0.717, 1.165) is 16.8 Å². The summed E-state index contributed by atoms with van der Waals surface area (Å²) in [6.07, 6.45) is -0.978. The summed E-state index contributed by atoms with van der Waals surface area (Å²) in [7, 11) is 0. The van der Waals surface area contributed by atoms with E-state index < -0.39 is 12.8 Å². The number of ether oxygens (including phenoxy) is 1. The van der Waals surface area contributed by atoms with Crippen LogP contribution in [-0.2, 0) is 0 Å². The molecule has 146 valence electrons. The van der Waals surface area contributed by atoms with Crippen molar-refractivity contribution in [1.29, 1.82) is 0 Å². The van der Waals surface area contributed by atoms with Gasteiger partial charge < -0.3 is 10.1 Å². The Morgan fingerprint density at radius 1 is 1.11 bits per heavy atom. The number of aryl methyl sites for hydroxylation is 1. The van der Waals surface area contributed by atoms with Gasteiger partial charge in [-0.2, -0.15) is 13.2 Å². The third kappa shape index (κ3) is 5.42. The van der Waals surface area contributed by atoms with Crippen LogP contribution in [0.3, 0.4) is 0 Å². The number of alkyl halides is 3. The first-order valence-corrected chi connectivity index (χ1v) is 8.62. The van der Waals surface area contributed by atoms with Gasteiger partial charge in [-0.05, 0) is 43.7 Å². The zero-order chi connectivity index (χ0) is 20.1. The monoisotopic (exact) mass is 388 g/mol. The fourth-order valence-corrected chi connectivity index (χ4v) is 2.59. The lowest BCUT2D eigenvalue weighted by Crippen LogP contribution is -2.19. The number of rotatable bonds is 6. The second kappa shape index (κ2) is 8.24. The van der Waals surface area contributed by atoms with E-state index >= 15 is 0 Å². The maximum absolute atomic E-state index is 12.2. The summed E-state index contributed by atoms with van der Waals surface area (Å²) < 4.78 is 41.4. The Kier molecular flexibility index (Phi) is 5.77. The summed E-state index contributed by atoms with van der Waals surface area (Å²) in [6.45, 7) is 2.51. The molecule has 0 amide bonds. The molecule has 0 aliphatic carbocycles. The zero-order valence-electron chi connectivity index (χ0n) is 15.4. The van der Waals surface area contributed by atoms with Gasteiger partial charge in [0.2, 0.25) is 0 Å². The zero-order valence-corrected chi connectivity index (χ0v) is 15.4. The standard InChI is InChI=1S/C20H19F3N4O/c1-13-10-18(27-19(25-13)16-4-3-9-24-11-16)26-14(2)15-5-7-17(8-6-15)28-12-20(21,22)23/h3-11,14H,12H2,1-2H3,(H,25,26,27). The van der Waals surface area contributed by atoms with Gasteiger partial charge in [-0.25, -0.2) is 9.97 Å². The Hall–Kier alpha value is -3.16. The quantitative estimate of drug-likeness (QED) is 0.647. The van der Waals surface area contributed by atoms with Crippen molar-refractivity contribution in [3.8, 4) is 17.1 Å². The molecule has 0 aliphatic rings. The Morgan fingerprint density at radius 2 is 1.86 bits per heavy atom. The van der Waals surface area contributed by atoms with E-state index in [1.807, 2.05) is 32.0 Å². The van der Waals surface area contributed by atoms with Crippen molar-refractivity contribution in [2.24, 2.45) is 0 Å². The van der Waals surface area contributed by atoms with Gasteiger partial charge in [0.25, 0.3) is 0 Å². The number of hydrogen-bond donors (Lipinski definition) is 1. The summed E-state index contributed by atoms with van der Waals surface area (Å²) >= 11 is 0. The Balaban J connectivity index is 1.71. The average molecular weight is 388 g/mol.